The molecule has 3 aromatic rings. The van der Waals surface area contributed by atoms with E-state index in [0.29, 0.717) is 55.6 Å². The molecule has 1 aromatic heterocycles. The van der Waals surface area contributed by atoms with E-state index < -0.39 is 27.5 Å². The minimum absolute atomic E-state index is 0.0611. The molecule has 0 spiro atoms. The summed E-state index contributed by atoms with van der Waals surface area (Å²) in [5.74, 6) is -0.524. The molecular formula is C29H35F2N5O3S. The average Bonchev–Trinajstić information content (AvgIpc) is 3.53. The maximum atomic E-state index is 14.4. The normalized spacial score (nSPS) is 20.7. The zero-order chi connectivity index (χ0) is 28.3. The van der Waals surface area contributed by atoms with Crippen molar-refractivity contribution in [2.45, 2.75) is 70.1 Å². The van der Waals surface area contributed by atoms with Crippen molar-refractivity contribution in [1.82, 2.24) is 20.2 Å². The number of aryl methyl sites for hydroxylation is 1. The number of benzene rings is 2. The van der Waals surface area contributed by atoms with E-state index in [9.17, 15) is 22.0 Å². The monoisotopic (exact) mass is 571 g/mol. The van der Waals surface area contributed by atoms with E-state index in [-0.39, 0.29) is 29.5 Å². The highest BCUT2D eigenvalue weighted by Gasteiger charge is 2.28. The van der Waals surface area contributed by atoms with Gasteiger partial charge in [0.2, 0.25) is 5.91 Å². The van der Waals surface area contributed by atoms with Crippen molar-refractivity contribution in [2.24, 2.45) is 0 Å². The first-order valence-corrected chi connectivity index (χ1v) is 15.6. The van der Waals surface area contributed by atoms with Gasteiger partial charge in [0, 0.05) is 24.7 Å². The molecule has 0 saturated carbocycles. The van der Waals surface area contributed by atoms with E-state index in [4.69, 9.17) is 0 Å². The highest BCUT2D eigenvalue weighted by molar-refractivity contribution is 7.91. The highest BCUT2D eigenvalue weighted by Crippen LogP contribution is 2.26. The first kappa shape index (κ1) is 28.4. The molecule has 2 aliphatic rings. The Balaban J connectivity index is 1.22. The van der Waals surface area contributed by atoms with Gasteiger partial charge in [0.15, 0.2) is 15.7 Å². The van der Waals surface area contributed by atoms with Gasteiger partial charge < -0.3 is 20.5 Å². The van der Waals surface area contributed by atoms with Gasteiger partial charge in [-0.25, -0.2) is 22.2 Å². The van der Waals surface area contributed by atoms with Gasteiger partial charge in [0.05, 0.1) is 29.4 Å². The lowest BCUT2D eigenvalue weighted by Crippen LogP contribution is -2.48. The van der Waals surface area contributed by atoms with Crippen molar-refractivity contribution < 1.29 is 22.0 Å². The van der Waals surface area contributed by atoms with Crippen LogP contribution in [0.3, 0.4) is 0 Å². The molecule has 3 N–H and O–H groups in total. The molecule has 3 atom stereocenters. The van der Waals surface area contributed by atoms with Crippen LogP contribution < -0.4 is 16.0 Å². The molecule has 1 fully saturated rings. The van der Waals surface area contributed by atoms with Gasteiger partial charge in [-0.3, -0.25) is 4.79 Å². The molecule has 2 heterocycles. The second-order valence-electron chi connectivity index (χ2n) is 10.7. The Kier molecular flexibility index (Phi) is 8.62. The fourth-order valence-corrected chi connectivity index (χ4v) is 7.36. The number of carbonyl (C=O) groups is 1. The number of rotatable bonds is 10. The summed E-state index contributed by atoms with van der Waals surface area (Å²) >= 11 is 0. The zero-order valence-corrected chi connectivity index (χ0v) is 23.3. The predicted molar refractivity (Wildman–Crippen MR) is 150 cm³/mol. The van der Waals surface area contributed by atoms with Crippen molar-refractivity contribution in [3.8, 4) is 5.69 Å². The number of amides is 1. The molecule has 214 valence electrons. The van der Waals surface area contributed by atoms with Crippen LogP contribution in [0, 0.1) is 11.6 Å². The molecular weight excluding hydrogens is 536 g/mol. The van der Waals surface area contributed by atoms with Gasteiger partial charge >= 0.3 is 0 Å². The first-order chi connectivity index (χ1) is 19.2. The van der Waals surface area contributed by atoms with Gasteiger partial charge in [-0.15, -0.1) is 0 Å². The lowest BCUT2D eigenvalue weighted by atomic mass is 9.87. The van der Waals surface area contributed by atoms with Crippen LogP contribution >= 0.6 is 0 Å². The quantitative estimate of drug-likeness (QED) is 0.343. The number of fused-ring (bicyclic) bond motifs is 1. The van der Waals surface area contributed by atoms with Crippen LogP contribution in [0.4, 0.5) is 14.6 Å². The Morgan fingerprint density at radius 1 is 1.18 bits per heavy atom. The third kappa shape index (κ3) is 6.76. The molecule has 1 aliphatic heterocycles. The molecule has 0 radical (unpaired) electrons. The lowest BCUT2D eigenvalue weighted by molar-refractivity contribution is -0.118. The van der Waals surface area contributed by atoms with Crippen LogP contribution in [0.2, 0.25) is 0 Å². The Labute approximate surface area is 233 Å². The smallest absolute Gasteiger partial charge is 0.242 e. The van der Waals surface area contributed by atoms with Crippen LogP contribution in [0.15, 0.2) is 48.9 Å². The standard InChI is InChI=1S/C29H35F2N5O3S/c1-2-5-26(34-22-9-8-19-12-21(30)13-25(31)24(19)14-22)29(37)35-28-16-36(18-33-28)27-7-4-3-6-20(27)15-32-23-10-11-40(38,39)17-23/h3-4,6-7,12-13,16,18,22-23,26,32,34H,2,5,8-11,14-15,17H2,1H3,(H,35,37)/t22-,23?,26?/m0/s1. The van der Waals surface area contributed by atoms with Gasteiger partial charge in [-0.05, 0) is 60.9 Å². The summed E-state index contributed by atoms with van der Waals surface area (Å²) in [6.45, 7) is 2.51. The van der Waals surface area contributed by atoms with Crippen molar-refractivity contribution in [2.75, 3.05) is 16.8 Å². The maximum Gasteiger partial charge on any atom is 0.242 e. The average molecular weight is 572 g/mol. The fraction of sp³-hybridized carbons (Fsp3) is 0.448. The van der Waals surface area contributed by atoms with E-state index in [1.165, 1.54) is 6.07 Å². The summed E-state index contributed by atoms with van der Waals surface area (Å²) in [6.07, 6.45) is 7.03. The Bertz CT molecular complexity index is 1480. The molecule has 2 unspecified atom stereocenters. The third-order valence-electron chi connectivity index (χ3n) is 7.71. The van der Waals surface area contributed by atoms with Crippen LogP contribution in [-0.2, 0) is 34.0 Å². The summed E-state index contributed by atoms with van der Waals surface area (Å²) in [5, 5.41) is 9.66. The molecule has 11 heteroatoms. The van der Waals surface area contributed by atoms with E-state index in [1.807, 2.05) is 35.8 Å². The second-order valence-corrected chi connectivity index (χ2v) is 13.0. The lowest BCUT2D eigenvalue weighted by Gasteiger charge is -2.29. The van der Waals surface area contributed by atoms with Crippen LogP contribution in [-0.4, -0.2) is 53.5 Å². The van der Waals surface area contributed by atoms with E-state index in [2.05, 4.69) is 20.9 Å². The number of hydrogen-bond acceptors (Lipinski definition) is 6. The highest BCUT2D eigenvalue weighted by atomic mass is 32.2. The number of sulfone groups is 1. The van der Waals surface area contributed by atoms with Crippen molar-refractivity contribution >= 4 is 21.6 Å². The number of nitrogens with zero attached hydrogens (tertiary/aromatic N) is 2. The van der Waals surface area contributed by atoms with Gasteiger partial charge in [0.25, 0.3) is 0 Å². The van der Waals surface area contributed by atoms with Gasteiger partial charge in [0.1, 0.15) is 18.0 Å². The number of halogens is 2. The van der Waals surface area contributed by atoms with E-state index >= 15 is 0 Å². The number of hydrogen-bond donors (Lipinski definition) is 3. The van der Waals surface area contributed by atoms with E-state index in [0.717, 1.165) is 23.7 Å². The number of nitrogens with one attached hydrogen (secondary N) is 3. The van der Waals surface area contributed by atoms with Gasteiger partial charge in [-0.2, -0.15) is 0 Å². The second kappa shape index (κ2) is 12.2. The van der Waals surface area contributed by atoms with E-state index in [1.54, 1.807) is 12.5 Å². The molecule has 8 nitrogen and oxygen atoms in total. The van der Waals surface area contributed by atoms with Crippen molar-refractivity contribution in [1.29, 1.82) is 0 Å². The number of carbonyl (C=O) groups excluding carboxylic acids is 1. The third-order valence-corrected chi connectivity index (χ3v) is 9.48. The largest absolute Gasteiger partial charge is 0.309 e. The Morgan fingerprint density at radius 3 is 2.77 bits per heavy atom. The number of anilines is 1. The van der Waals surface area contributed by atoms with Crippen molar-refractivity contribution in [3.63, 3.8) is 0 Å². The molecule has 1 saturated heterocycles. The minimum atomic E-state index is -2.96. The Hall–Kier alpha value is -3.15. The van der Waals surface area contributed by atoms with Crippen LogP contribution in [0.1, 0.15) is 49.3 Å². The molecule has 40 heavy (non-hydrogen) atoms. The zero-order valence-electron chi connectivity index (χ0n) is 22.5. The molecule has 5 rings (SSSR count). The summed E-state index contributed by atoms with van der Waals surface area (Å²) in [5.41, 5.74) is 3.08. The van der Waals surface area contributed by atoms with Gasteiger partial charge in [-0.1, -0.05) is 31.5 Å². The van der Waals surface area contributed by atoms with Crippen molar-refractivity contribution in [3.05, 3.63) is 77.2 Å². The fourth-order valence-electron chi connectivity index (χ4n) is 5.65. The predicted octanol–water partition coefficient (Wildman–Crippen LogP) is 3.68. The minimum Gasteiger partial charge on any atom is -0.309 e. The molecule has 0 bridgehead atoms. The SMILES string of the molecule is CCCC(N[C@H]1CCc2cc(F)cc(F)c2C1)C(=O)Nc1cn(-c2ccccc2CNC2CCS(=O)(=O)C2)cn1. The summed E-state index contributed by atoms with van der Waals surface area (Å²) in [4.78, 5) is 17.6. The summed E-state index contributed by atoms with van der Waals surface area (Å²) < 4.78 is 53.4. The maximum absolute atomic E-state index is 14.4. The Morgan fingerprint density at radius 2 is 2.00 bits per heavy atom. The first-order valence-electron chi connectivity index (χ1n) is 13.8. The molecule has 1 amide bonds. The number of aromatic nitrogens is 2. The topological polar surface area (TPSA) is 105 Å². The molecule has 1 aliphatic carbocycles. The molecule has 2 aromatic carbocycles. The number of para-hydroxylation sites is 1. The van der Waals surface area contributed by atoms with Crippen LogP contribution in [0.25, 0.3) is 5.69 Å². The van der Waals surface area contributed by atoms with Crippen LogP contribution in [0.5, 0.6) is 0 Å². The summed E-state index contributed by atoms with van der Waals surface area (Å²) in [7, 11) is -2.96. The number of imidazole rings is 1. The summed E-state index contributed by atoms with van der Waals surface area (Å²) in [6, 6.07) is 9.44.